The number of alkyl halides is 3. The molecule has 2 heterocycles. The monoisotopic (exact) mass is 372 g/mol. The number of hydrogen-bond acceptors (Lipinski definition) is 4. The van der Waals surface area contributed by atoms with Crippen molar-refractivity contribution in [3.05, 3.63) is 30.0 Å². The van der Waals surface area contributed by atoms with Crippen molar-refractivity contribution in [2.24, 2.45) is 5.73 Å². The van der Waals surface area contributed by atoms with E-state index in [1.165, 1.54) is 0 Å². The predicted molar refractivity (Wildman–Crippen MR) is 87.7 cm³/mol. The van der Waals surface area contributed by atoms with Gasteiger partial charge in [-0.2, -0.15) is 18.3 Å². The molecule has 1 aliphatic rings. The maximum Gasteiger partial charge on any atom is 0.490 e. The molecule has 2 aromatic rings. The summed E-state index contributed by atoms with van der Waals surface area (Å²) in [5, 5.41) is 16.1. The number of piperidine rings is 1. The number of fused-ring (bicyclic) bond motifs is 1. The second kappa shape index (κ2) is 7.32. The van der Waals surface area contributed by atoms with Crippen molar-refractivity contribution >= 4 is 22.8 Å². The Hall–Kier alpha value is -2.62. The fraction of sp³-hybridized carbons (Fsp3) is 0.438. The summed E-state index contributed by atoms with van der Waals surface area (Å²) in [5.41, 5.74) is 6.61. The minimum absolute atomic E-state index is 0.0131. The summed E-state index contributed by atoms with van der Waals surface area (Å²) >= 11 is 0. The molecule has 0 saturated carbocycles. The average molecular weight is 372 g/mol. The van der Waals surface area contributed by atoms with Gasteiger partial charge in [-0.25, -0.2) is 4.79 Å². The number of benzene rings is 1. The number of carboxylic acid groups (broad SMARTS) is 1. The van der Waals surface area contributed by atoms with Crippen molar-refractivity contribution in [3.63, 3.8) is 0 Å². The van der Waals surface area contributed by atoms with Crippen LogP contribution in [-0.4, -0.2) is 46.0 Å². The first-order chi connectivity index (χ1) is 12.0. The van der Waals surface area contributed by atoms with Gasteiger partial charge in [-0.3, -0.25) is 9.48 Å². The van der Waals surface area contributed by atoms with Crippen LogP contribution in [0.4, 0.5) is 13.2 Å². The van der Waals surface area contributed by atoms with Crippen molar-refractivity contribution in [1.29, 1.82) is 0 Å². The molecule has 1 aromatic carbocycles. The molecule has 7 nitrogen and oxygen atoms in total. The lowest BCUT2D eigenvalue weighted by atomic mass is 9.91. The Morgan fingerprint density at radius 2 is 1.88 bits per heavy atom. The average Bonchev–Trinajstić information content (AvgIpc) is 3.00. The molecule has 1 amide bonds. The molecule has 0 atom stereocenters. The van der Waals surface area contributed by atoms with Gasteiger partial charge in [0.25, 0.3) is 5.91 Å². The standard InChI is InChI=1S/C14H18N4O.C2HF3O2/c1-14(5-7-16-8-6-14)18-9-10-3-2-4-11(13(15)19)12(10)17-18;3-2(4,5)1(6)7/h2-4,9,16H,5-8H2,1H3,(H2,15,19);(H,6,7). The summed E-state index contributed by atoms with van der Waals surface area (Å²) in [6.45, 7) is 4.20. The Labute approximate surface area is 147 Å². The number of amides is 1. The highest BCUT2D eigenvalue weighted by Gasteiger charge is 2.38. The molecule has 4 N–H and O–H groups in total. The summed E-state index contributed by atoms with van der Waals surface area (Å²) in [4.78, 5) is 20.3. The molecule has 1 aromatic heterocycles. The zero-order valence-corrected chi connectivity index (χ0v) is 14.0. The smallest absolute Gasteiger partial charge is 0.475 e. The molecule has 142 valence electrons. The van der Waals surface area contributed by atoms with Crippen molar-refractivity contribution in [1.82, 2.24) is 15.1 Å². The normalized spacial score (nSPS) is 16.6. The van der Waals surface area contributed by atoms with Crippen LogP contribution >= 0.6 is 0 Å². The summed E-state index contributed by atoms with van der Waals surface area (Å²) in [6.07, 6.45) is -0.993. The number of aliphatic carboxylic acids is 1. The van der Waals surface area contributed by atoms with E-state index < -0.39 is 18.1 Å². The minimum atomic E-state index is -5.08. The molecule has 3 rings (SSSR count). The third-order valence-corrected chi connectivity index (χ3v) is 4.28. The summed E-state index contributed by atoms with van der Waals surface area (Å²) in [5.74, 6) is -3.18. The number of primary amides is 1. The third kappa shape index (κ3) is 4.31. The van der Waals surface area contributed by atoms with E-state index in [2.05, 4.69) is 17.3 Å². The second-order valence-electron chi connectivity index (χ2n) is 6.23. The van der Waals surface area contributed by atoms with Crippen LogP contribution in [0.25, 0.3) is 10.9 Å². The van der Waals surface area contributed by atoms with Crippen molar-refractivity contribution in [2.75, 3.05) is 13.1 Å². The second-order valence-corrected chi connectivity index (χ2v) is 6.23. The molecule has 1 saturated heterocycles. The fourth-order valence-corrected chi connectivity index (χ4v) is 2.72. The van der Waals surface area contributed by atoms with Crippen LogP contribution in [0, 0.1) is 0 Å². The Morgan fingerprint density at radius 3 is 2.38 bits per heavy atom. The molecule has 26 heavy (non-hydrogen) atoms. The topological polar surface area (TPSA) is 110 Å². The highest BCUT2D eigenvalue weighted by atomic mass is 19.4. The first-order valence-electron chi connectivity index (χ1n) is 7.84. The number of nitrogens with one attached hydrogen (secondary N) is 1. The minimum Gasteiger partial charge on any atom is -0.475 e. The third-order valence-electron chi connectivity index (χ3n) is 4.28. The zero-order valence-electron chi connectivity index (χ0n) is 14.0. The van der Waals surface area contributed by atoms with Gasteiger partial charge in [-0.05, 0) is 38.9 Å². The number of carbonyl (C=O) groups excluding carboxylic acids is 1. The number of rotatable bonds is 2. The van der Waals surface area contributed by atoms with E-state index in [9.17, 15) is 18.0 Å². The Bertz CT molecular complexity index is 811. The van der Waals surface area contributed by atoms with Crippen LogP contribution in [0.3, 0.4) is 0 Å². The fourth-order valence-electron chi connectivity index (χ4n) is 2.72. The van der Waals surface area contributed by atoms with E-state index in [0.29, 0.717) is 11.1 Å². The number of halogens is 3. The number of carbonyl (C=O) groups is 2. The van der Waals surface area contributed by atoms with E-state index >= 15 is 0 Å². The van der Waals surface area contributed by atoms with Crippen LogP contribution in [0.2, 0.25) is 0 Å². The maximum atomic E-state index is 11.4. The molecule has 0 bridgehead atoms. The number of hydrogen-bond donors (Lipinski definition) is 3. The highest BCUT2D eigenvalue weighted by molar-refractivity contribution is 6.04. The lowest BCUT2D eigenvalue weighted by molar-refractivity contribution is -0.192. The first-order valence-corrected chi connectivity index (χ1v) is 7.84. The first kappa shape index (κ1) is 19.7. The largest absolute Gasteiger partial charge is 0.490 e. The van der Waals surface area contributed by atoms with Crippen LogP contribution in [-0.2, 0) is 10.3 Å². The molecule has 0 radical (unpaired) electrons. The Kier molecular flexibility index (Phi) is 5.55. The molecule has 1 aliphatic heterocycles. The summed E-state index contributed by atoms with van der Waals surface area (Å²) < 4.78 is 33.7. The van der Waals surface area contributed by atoms with Gasteiger partial charge in [0.1, 0.15) is 5.52 Å². The molecule has 10 heteroatoms. The van der Waals surface area contributed by atoms with Gasteiger partial charge in [-0.1, -0.05) is 12.1 Å². The Morgan fingerprint density at radius 1 is 1.31 bits per heavy atom. The van der Waals surface area contributed by atoms with Crippen LogP contribution in [0.5, 0.6) is 0 Å². The van der Waals surface area contributed by atoms with Gasteiger partial charge in [-0.15, -0.1) is 0 Å². The van der Waals surface area contributed by atoms with Gasteiger partial charge in [0.2, 0.25) is 0 Å². The molecule has 0 unspecified atom stereocenters. The lowest BCUT2D eigenvalue weighted by Crippen LogP contribution is -2.42. The summed E-state index contributed by atoms with van der Waals surface area (Å²) in [7, 11) is 0. The van der Waals surface area contributed by atoms with Crippen LogP contribution < -0.4 is 11.1 Å². The van der Waals surface area contributed by atoms with E-state index in [4.69, 9.17) is 15.6 Å². The lowest BCUT2D eigenvalue weighted by Gasteiger charge is -2.34. The molecule has 0 spiro atoms. The molecular weight excluding hydrogens is 353 g/mol. The van der Waals surface area contributed by atoms with Crippen LogP contribution in [0.1, 0.15) is 30.1 Å². The summed E-state index contributed by atoms with van der Waals surface area (Å²) in [6, 6.07) is 5.54. The van der Waals surface area contributed by atoms with Crippen molar-refractivity contribution in [3.8, 4) is 0 Å². The van der Waals surface area contributed by atoms with E-state index in [1.807, 2.05) is 23.0 Å². The van der Waals surface area contributed by atoms with E-state index in [-0.39, 0.29) is 5.54 Å². The molecular formula is C16H19F3N4O3. The number of aromatic nitrogens is 2. The zero-order chi connectivity index (χ0) is 19.5. The molecule has 1 fully saturated rings. The number of nitrogens with zero attached hydrogens (tertiary/aromatic N) is 2. The quantitative estimate of drug-likeness (QED) is 0.745. The van der Waals surface area contributed by atoms with Gasteiger partial charge in [0.15, 0.2) is 0 Å². The highest BCUT2D eigenvalue weighted by Crippen LogP contribution is 2.28. The maximum absolute atomic E-state index is 11.4. The number of nitrogens with two attached hydrogens (primary N) is 1. The van der Waals surface area contributed by atoms with Gasteiger partial charge in [0.05, 0.1) is 11.1 Å². The van der Waals surface area contributed by atoms with Crippen molar-refractivity contribution < 1.29 is 27.9 Å². The Balaban J connectivity index is 0.000000298. The molecule has 0 aliphatic carbocycles. The van der Waals surface area contributed by atoms with E-state index in [0.717, 1.165) is 31.3 Å². The van der Waals surface area contributed by atoms with E-state index in [1.54, 1.807) is 6.07 Å². The SMILES string of the molecule is CC1(n2cc3cccc(C(N)=O)c3n2)CCNCC1.O=C(O)C(F)(F)F. The van der Waals surface area contributed by atoms with Crippen LogP contribution in [0.15, 0.2) is 24.4 Å². The van der Waals surface area contributed by atoms with Gasteiger partial charge < -0.3 is 16.2 Å². The number of carboxylic acids is 1. The van der Waals surface area contributed by atoms with Gasteiger partial charge >= 0.3 is 12.1 Å². The van der Waals surface area contributed by atoms with Gasteiger partial charge in [0, 0.05) is 11.6 Å². The van der Waals surface area contributed by atoms with Crippen molar-refractivity contribution in [2.45, 2.75) is 31.5 Å². The predicted octanol–water partition coefficient (Wildman–Crippen LogP) is 1.87.